The number of tetrazole rings is 1. The van der Waals surface area contributed by atoms with E-state index in [0.717, 1.165) is 5.56 Å². The van der Waals surface area contributed by atoms with Crippen molar-refractivity contribution < 1.29 is 23.8 Å². The summed E-state index contributed by atoms with van der Waals surface area (Å²) in [6.45, 7) is 0.559. The summed E-state index contributed by atoms with van der Waals surface area (Å²) in [6.07, 6.45) is -0.792. The third-order valence-corrected chi connectivity index (χ3v) is 5.00. The van der Waals surface area contributed by atoms with Gasteiger partial charge in [0.1, 0.15) is 12.7 Å². The third-order valence-electron chi connectivity index (χ3n) is 4.64. The summed E-state index contributed by atoms with van der Waals surface area (Å²) in [4.78, 5) is 23.5. The average molecular weight is 360 g/mol. The lowest BCUT2D eigenvalue weighted by Gasteiger charge is -2.25. The molecule has 4 heterocycles. The number of hydrogen-bond donors (Lipinski definition) is 0. The molecular weight excluding hydrogens is 348 g/mol. The van der Waals surface area contributed by atoms with Crippen molar-refractivity contribution in [3.8, 4) is 5.69 Å². The van der Waals surface area contributed by atoms with Gasteiger partial charge in [-0.1, -0.05) is 0 Å². The smallest absolute Gasteiger partial charge is 0.338 e. The Morgan fingerprint density at radius 1 is 1.24 bits per heavy atom. The Morgan fingerprint density at radius 3 is 3.00 bits per heavy atom. The largest absolute Gasteiger partial charge is 0.457 e. The van der Waals surface area contributed by atoms with E-state index in [0.29, 0.717) is 22.6 Å². The fourth-order valence-electron chi connectivity index (χ4n) is 3.35. The highest BCUT2D eigenvalue weighted by molar-refractivity contribution is 7.71. The van der Waals surface area contributed by atoms with Gasteiger partial charge in [-0.3, -0.25) is 4.79 Å². The van der Waals surface area contributed by atoms with Crippen molar-refractivity contribution in [1.82, 2.24) is 19.8 Å². The van der Waals surface area contributed by atoms with Gasteiger partial charge in [-0.25, -0.2) is 9.48 Å². The van der Waals surface area contributed by atoms with Crippen molar-refractivity contribution in [1.29, 1.82) is 0 Å². The Labute approximate surface area is 146 Å². The lowest BCUT2D eigenvalue weighted by Crippen LogP contribution is -2.37. The number of ketones is 1. The first-order chi connectivity index (χ1) is 12.1. The molecule has 128 valence electrons. The van der Waals surface area contributed by atoms with Crippen LogP contribution in [0.15, 0.2) is 18.2 Å². The molecule has 25 heavy (non-hydrogen) atoms. The summed E-state index contributed by atoms with van der Waals surface area (Å²) in [5.74, 6) is -0.453. The first kappa shape index (κ1) is 14.9. The molecule has 0 radical (unpaired) electrons. The number of ether oxygens (including phenoxy) is 3. The van der Waals surface area contributed by atoms with Crippen molar-refractivity contribution in [2.24, 2.45) is 0 Å². The molecule has 0 unspecified atom stereocenters. The highest BCUT2D eigenvalue weighted by Crippen LogP contribution is 2.32. The van der Waals surface area contributed by atoms with E-state index in [-0.39, 0.29) is 36.9 Å². The quantitative estimate of drug-likeness (QED) is 0.571. The van der Waals surface area contributed by atoms with Crippen LogP contribution < -0.4 is 0 Å². The van der Waals surface area contributed by atoms with Crippen molar-refractivity contribution in [2.45, 2.75) is 31.5 Å². The van der Waals surface area contributed by atoms with Gasteiger partial charge in [0.15, 0.2) is 5.78 Å². The number of Topliss-reactive ketones (excluding diaryl/α,β-unsaturated/α-hetero) is 1. The minimum Gasteiger partial charge on any atom is -0.457 e. The average Bonchev–Trinajstić information content (AvgIpc) is 3.30. The zero-order valence-electron chi connectivity index (χ0n) is 12.8. The van der Waals surface area contributed by atoms with Crippen LogP contribution in [0.4, 0.5) is 0 Å². The number of fused-ring (bicyclic) bond motifs is 3. The van der Waals surface area contributed by atoms with Crippen LogP contribution in [0, 0.1) is 4.77 Å². The van der Waals surface area contributed by atoms with Crippen LogP contribution in [-0.4, -0.2) is 50.5 Å². The Bertz CT molecular complexity index is 967. The maximum absolute atomic E-state index is 12.0. The van der Waals surface area contributed by atoms with Gasteiger partial charge in [0.05, 0.1) is 23.9 Å². The number of esters is 1. The lowest BCUT2D eigenvalue weighted by atomic mass is 10.0. The van der Waals surface area contributed by atoms with Gasteiger partial charge in [0.25, 0.3) is 0 Å². The van der Waals surface area contributed by atoms with Crippen molar-refractivity contribution in [3.63, 3.8) is 0 Å². The second-order valence-corrected chi connectivity index (χ2v) is 6.48. The zero-order valence-corrected chi connectivity index (χ0v) is 13.6. The summed E-state index contributed by atoms with van der Waals surface area (Å²) in [6, 6.07) is 4.87. The van der Waals surface area contributed by atoms with Gasteiger partial charge in [-0.05, 0) is 40.8 Å². The van der Waals surface area contributed by atoms with Crippen LogP contribution in [0.1, 0.15) is 28.4 Å². The minimum atomic E-state index is -0.764. The molecule has 2 saturated heterocycles. The van der Waals surface area contributed by atoms with E-state index in [4.69, 9.17) is 26.4 Å². The number of carbonyl (C=O) groups excluding carboxylic acids is 2. The predicted molar refractivity (Wildman–Crippen MR) is 82.6 cm³/mol. The molecule has 3 atom stereocenters. The number of hydrogen-bond acceptors (Lipinski definition) is 8. The van der Waals surface area contributed by atoms with Crippen molar-refractivity contribution in [3.05, 3.63) is 34.1 Å². The molecule has 2 fully saturated rings. The fourth-order valence-corrected chi connectivity index (χ4v) is 3.66. The van der Waals surface area contributed by atoms with E-state index in [1.807, 2.05) is 0 Å². The van der Waals surface area contributed by atoms with Gasteiger partial charge >= 0.3 is 5.97 Å². The Kier molecular flexibility index (Phi) is 3.14. The molecule has 0 amide bonds. The van der Waals surface area contributed by atoms with E-state index >= 15 is 0 Å². The van der Waals surface area contributed by atoms with Gasteiger partial charge in [0, 0.05) is 12.0 Å². The Morgan fingerprint density at radius 2 is 2.12 bits per heavy atom. The van der Waals surface area contributed by atoms with Gasteiger partial charge in [0.2, 0.25) is 11.1 Å². The van der Waals surface area contributed by atoms with Crippen LogP contribution in [0.2, 0.25) is 0 Å². The molecule has 5 rings (SSSR count). The van der Waals surface area contributed by atoms with Gasteiger partial charge in [-0.2, -0.15) is 4.68 Å². The van der Waals surface area contributed by atoms with Crippen LogP contribution in [0.25, 0.3) is 5.69 Å². The van der Waals surface area contributed by atoms with Gasteiger partial charge in [-0.15, -0.1) is 0 Å². The maximum atomic E-state index is 12.0. The van der Waals surface area contributed by atoms with Gasteiger partial charge < -0.3 is 14.2 Å². The van der Waals surface area contributed by atoms with Crippen LogP contribution in [0.3, 0.4) is 0 Å². The van der Waals surface area contributed by atoms with E-state index in [2.05, 4.69) is 10.4 Å². The van der Waals surface area contributed by atoms with E-state index in [1.54, 1.807) is 18.2 Å². The third kappa shape index (κ3) is 2.18. The molecule has 2 aromatic rings. The zero-order chi connectivity index (χ0) is 17.1. The predicted octanol–water partition coefficient (Wildman–Crippen LogP) is 0.724. The van der Waals surface area contributed by atoms with E-state index in [9.17, 15) is 9.59 Å². The first-order valence-electron chi connectivity index (χ1n) is 7.76. The lowest BCUT2D eigenvalue weighted by molar-refractivity contribution is -0.156. The number of cyclic esters (lactones) is 1. The Balaban J connectivity index is 1.52. The molecule has 3 aliphatic heterocycles. The molecule has 0 aliphatic carbocycles. The molecule has 0 N–H and O–H groups in total. The number of rotatable bonds is 2. The highest BCUT2D eigenvalue weighted by Gasteiger charge is 2.45. The molecule has 0 saturated carbocycles. The Hall–Kier alpha value is -2.43. The topological polar surface area (TPSA) is 97.5 Å². The minimum absolute atomic E-state index is 0.122. The molecule has 1 aromatic heterocycles. The highest BCUT2D eigenvalue weighted by atomic mass is 32.1. The second-order valence-electron chi connectivity index (χ2n) is 6.11. The molecule has 9 nitrogen and oxygen atoms in total. The molecule has 3 aliphatic rings. The van der Waals surface area contributed by atoms with E-state index in [1.165, 1.54) is 9.36 Å². The monoisotopic (exact) mass is 360 g/mol. The molecular formula is C15H12N4O5S. The summed E-state index contributed by atoms with van der Waals surface area (Å²) >= 11 is 5.49. The summed E-state index contributed by atoms with van der Waals surface area (Å²) in [5, 5.41) is 8.22. The molecule has 10 heteroatoms. The number of benzene rings is 1. The van der Waals surface area contributed by atoms with Crippen LogP contribution in [0.5, 0.6) is 0 Å². The standard InChI is InChI=1S/C15H12N4O5S/c20-11-4-10(12-6-23-14(11)24-12)19-15(25)18(16-17-19)8-1-2-9-7(3-8)5-22-13(9)21/h1-3,10,12,14H,4-6H2/t10-,12+,14+/m0/s1. The number of carbonyl (C=O) groups is 2. The SMILES string of the molecule is O=C1OCc2cc(-n3nnn([C@H]4CC(=O)[C@@H]5OC[C@H]4O5)c3=S)ccc21. The maximum Gasteiger partial charge on any atom is 0.338 e. The van der Waals surface area contributed by atoms with Crippen molar-refractivity contribution in [2.75, 3.05) is 6.61 Å². The summed E-state index contributed by atoms with van der Waals surface area (Å²) < 4.78 is 19.2. The molecule has 1 aromatic carbocycles. The summed E-state index contributed by atoms with van der Waals surface area (Å²) in [5.41, 5.74) is 2.00. The normalized spacial score (nSPS) is 27.4. The second kappa shape index (κ2) is 5.28. The molecule has 2 bridgehead atoms. The molecule has 0 spiro atoms. The van der Waals surface area contributed by atoms with E-state index < -0.39 is 6.29 Å². The summed E-state index contributed by atoms with van der Waals surface area (Å²) in [7, 11) is 0. The van der Waals surface area contributed by atoms with Crippen LogP contribution in [-0.2, 0) is 25.6 Å². The first-order valence-corrected chi connectivity index (χ1v) is 8.17. The van der Waals surface area contributed by atoms with Crippen molar-refractivity contribution >= 4 is 24.0 Å². The number of nitrogens with zero attached hydrogens (tertiary/aromatic N) is 4. The van der Waals surface area contributed by atoms with Crippen LogP contribution >= 0.6 is 12.2 Å². The number of aromatic nitrogens is 4. The fraction of sp³-hybridized carbons (Fsp3) is 0.400.